The van der Waals surface area contributed by atoms with Gasteiger partial charge in [-0.05, 0) is 60.9 Å². The Balaban J connectivity index is 0.000000582. The average molecular weight is 468 g/mol. The molecule has 0 aromatic rings. The quantitative estimate of drug-likeness (QED) is 0.226. The van der Waals surface area contributed by atoms with Gasteiger partial charge in [-0.3, -0.25) is 4.79 Å². The topological polar surface area (TPSA) is 106 Å². The number of rotatable bonds is 9. The first-order valence-electron chi connectivity index (χ1n) is 11.0. The van der Waals surface area contributed by atoms with Crippen LogP contribution in [0.25, 0.3) is 0 Å². The van der Waals surface area contributed by atoms with Crippen LogP contribution in [0.1, 0.15) is 32.6 Å². The predicted octanol–water partition coefficient (Wildman–Crippen LogP) is 4.56. The maximum atomic E-state index is 11.4. The molecule has 1 amide bonds. The summed E-state index contributed by atoms with van der Waals surface area (Å²) in [7, 11) is 0. The summed E-state index contributed by atoms with van der Waals surface area (Å²) in [5, 5.41) is 8.36. The van der Waals surface area contributed by atoms with Gasteiger partial charge in [0, 0.05) is 25.2 Å². The number of nitrogens with one attached hydrogen (secondary N) is 2. The molecule has 2 unspecified atom stereocenters. The third-order valence-corrected chi connectivity index (χ3v) is 5.51. The van der Waals surface area contributed by atoms with Crippen molar-refractivity contribution >= 4 is 23.5 Å². The van der Waals surface area contributed by atoms with Crippen LogP contribution in [0.4, 0.5) is 0 Å². The molecule has 0 saturated heterocycles. The van der Waals surface area contributed by atoms with Gasteiger partial charge in [0.25, 0.3) is 0 Å². The lowest BCUT2D eigenvalue weighted by molar-refractivity contribution is -0.119. The Morgan fingerprint density at radius 3 is 2.85 bits per heavy atom. The molecule has 0 aromatic heterocycles. The van der Waals surface area contributed by atoms with Gasteiger partial charge in [-0.2, -0.15) is 0 Å². The smallest absolute Gasteiger partial charge is 0.227 e. The van der Waals surface area contributed by atoms with E-state index in [1.807, 2.05) is 25.2 Å². The first kappa shape index (κ1) is 28.0. The lowest BCUT2D eigenvalue weighted by Crippen LogP contribution is -2.29. The molecule has 0 radical (unpaired) electrons. The monoisotopic (exact) mass is 467 g/mol. The number of amidine groups is 1. The van der Waals surface area contributed by atoms with Crippen molar-refractivity contribution in [3.63, 3.8) is 0 Å². The molecular formula is C26H37N5OS. The van der Waals surface area contributed by atoms with E-state index in [9.17, 15) is 4.79 Å². The number of thioether (sulfide) groups is 1. The number of carbonyl (C=O) groups excluding carboxylic acids is 1. The average Bonchev–Trinajstić information content (AvgIpc) is 2.90. The van der Waals surface area contributed by atoms with E-state index in [2.05, 4.69) is 58.5 Å². The largest absolute Gasteiger partial charge is 0.404 e. The number of nitrogens with zero attached hydrogens (tertiary/aromatic N) is 1. The molecule has 0 aromatic carbocycles. The maximum Gasteiger partial charge on any atom is 0.227 e. The fraction of sp³-hybridized carbons (Fsp3) is 0.308. The van der Waals surface area contributed by atoms with E-state index in [-0.39, 0.29) is 5.91 Å². The minimum atomic E-state index is 0.0491. The maximum absolute atomic E-state index is 11.4. The molecule has 178 valence electrons. The van der Waals surface area contributed by atoms with Crippen LogP contribution < -0.4 is 22.1 Å². The van der Waals surface area contributed by atoms with E-state index < -0.39 is 0 Å². The molecule has 1 heterocycles. The van der Waals surface area contributed by atoms with Crippen LogP contribution in [-0.2, 0) is 4.79 Å². The summed E-state index contributed by atoms with van der Waals surface area (Å²) in [6, 6.07) is 0.379. The molecule has 2 rings (SSSR count). The molecule has 0 fully saturated rings. The van der Waals surface area contributed by atoms with E-state index in [4.69, 9.17) is 11.5 Å². The molecule has 33 heavy (non-hydrogen) atoms. The van der Waals surface area contributed by atoms with Crippen molar-refractivity contribution in [1.82, 2.24) is 10.6 Å². The van der Waals surface area contributed by atoms with E-state index >= 15 is 0 Å². The fourth-order valence-electron chi connectivity index (χ4n) is 3.02. The van der Waals surface area contributed by atoms with E-state index in [1.54, 1.807) is 18.0 Å². The fourth-order valence-corrected chi connectivity index (χ4v) is 3.51. The van der Waals surface area contributed by atoms with Gasteiger partial charge in [0.1, 0.15) is 5.84 Å². The molecule has 1 aliphatic heterocycles. The Morgan fingerprint density at radius 2 is 2.18 bits per heavy atom. The summed E-state index contributed by atoms with van der Waals surface area (Å²) in [6.07, 6.45) is 24.4. The van der Waals surface area contributed by atoms with Crippen molar-refractivity contribution in [3.8, 4) is 0 Å². The molecular weight excluding hydrogens is 430 g/mol. The summed E-state index contributed by atoms with van der Waals surface area (Å²) in [4.78, 5) is 16.2. The Bertz CT molecular complexity index is 849. The van der Waals surface area contributed by atoms with E-state index in [0.717, 1.165) is 30.7 Å². The minimum absolute atomic E-state index is 0.0491. The number of hydrogen-bond donors (Lipinski definition) is 4. The van der Waals surface area contributed by atoms with Crippen LogP contribution in [0.3, 0.4) is 0 Å². The second-order valence-corrected chi connectivity index (χ2v) is 8.47. The van der Waals surface area contributed by atoms with Crippen LogP contribution in [0.15, 0.2) is 101 Å². The van der Waals surface area contributed by atoms with Crippen molar-refractivity contribution in [3.05, 3.63) is 96.3 Å². The Kier molecular flexibility index (Phi) is 14.9. The van der Waals surface area contributed by atoms with Crippen LogP contribution in [0.2, 0.25) is 0 Å². The Labute approximate surface area is 202 Å². The second kappa shape index (κ2) is 17.5. The number of nitrogens with two attached hydrogens (primary N) is 2. The second-order valence-electron chi connectivity index (χ2n) is 7.38. The van der Waals surface area contributed by atoms with Gasteiger partial charge >= 0.3 is 0 Å². The normalized spacial score (nSPS) is 22.9. The first-order chi connectivity index (χ1) is 16.0. The first-order valence-corrected chi connectivity index (χ1v) is 11.9. The van der Waals surface area contributed by atoms with Gasteiger partial charge in [0.15, 0.2) is 0 Å². The summed E-state index contributed by atoms with van der Waals surface area (Å²) in [5.74, 6) is 0.858. The van der Waals surface area contributed by atoms with Gasteiger partial charge in [0.2, 0.25) is 5.91 Å². The third-order valence-electron chi connectivity index (χ3n) is 4.63. The highest BCUT2D eigenvalue weighted by Gasteiger charge is 2.12. The van der Waals surface area contributed by atoms with Crippen LogP contribution in [0.5, 0.6) is 0 Å². The number of carbonyl (C=O) groups is 1. The SMILES string of the molecule is C=C(CNC1C=CC(CC2/C=C/CC(=O)N/C=C/C2)=CC1)S/C=C\C.C=CN=C(N)/C=C\N. The van der Waals surface area contributed by atoms with Gasteiger partial charge in [-0.1, -0.05) is 61.3 Å². The zero-order chi connectivity index (χ0) is 24.3. The van der Waals surface area contributed by atoms with E-state index in [1.165, 1.54) is 24.0 Å². The molecule has 1 aliphatic carbocycles. The van der Waals surface area contributed by atoms with Crippen LogP contribution in [0, 0.1) is 5.92 Å². The van der Waals surface area contributed by atoms with E-state index in [0.29, 0.717) is 24.2 Å². The molecule has 6 N–H and O–H groups in total. The van der Waals surface area contributed by atoms with Gasteiger partial charge in [-0.15, -0.1) is 11.8 Å². The number of aliphatic imine (C=N–C) groups is 1. The van der Waals surface area contributed by atoms with Crippen molar-refractivity contribution < 1.29 is 4.79 Å². The highest BCUT2D eigenvalue weighted by atomic mass is 32.2. The molecule has 2 atom stereocenters. The third kappa shape index (κ3) is 13.9. The lowest BCUT2D eigenvalue weighted by atomic mass is 9.91. The van der Waals surface area contributed by atoms with Crippen LogP contribution >= 0.6 is 11.8 Å². The van der Waals surface area contributed by atoms with Crippen molar-refractivity contribution in [2.45, 2.75) is 38.6 Å². The van der Waals surface area contributed by atoms with Crippen molar-refractivity contribution in [2.75, 3.05) is 6.54 Å². The standard InChI is InChI=1S/C21H28N2OS.C5H9N3/c1-3-14-25-17(2)16-23-20-11-9-19(10-12-20)15-18-6-4-8-21(24)22-13-5-7-18;1-2-8-5(7)3-4-6/h3-6,9-11,13-14,18,20,23H,2,7-8,12,15-16H2,1H3,(H,22,24);2-4H,1,6H2,(H2,7,8)/b6-4+,13-5+,14-3-;4-3-. The highest BCUT2D eigenvalue weighted by molar-refractivity contribution is 8.05. The van der Waals surface area contributed by atoms with Crippen molar-refractivity contribution in [2.24, 2.45) is 22.4 Å². The summed E-state index contributed by atoms with van der Waals surface area (Å²) in [6.45, 7) is 10.2. The highest BCUT2D eigenvalue weighted by Crippen LogP contribution is 2.23. The van der Waals surface area contributed by atoms with Crippen LogP contribution in [-0.4, -0.2) is 24.3 Å². The zero-order valence-corrected chi connectivity index (χ0v) is 20.3. The number of allylic oxidation sites excluding steroid dienone is 5. The molecule has 7 heteroatoms. The number of amides is 1. The molecule has 0 bridgehead atoms. The summed E-state index contributed by atoms with van der Waals surface area (Å²) < 4.78 is 0. The molecule has 0 saturated carbocycles. The minimum Gasteiger partial charge on any atom is -0.404 e. The van der Waals surface area contributed by atoms with Crippen molar-refractivity contribution in [1.29, 1.82) is 0 Å². The predicted molar refractivity (Wildman–Crippen MR) is 144 cm³/mol. The summed E-state index contributed by atoms with van der Waals surface area (Å²) >= 11 is 1.67. The number of hydrogen-bond acceptors (Lipinski definition) is 5. The van der Waals surface area contributed by atoms with Gasteiger partial charge in [-0.25, -0.2) is 4.99 Å². The molecule has 2 aliphatic rings. The summed E-state index contributed by atoms with van der Waals surface area (Å²) in [5.41, 5.74) is 11.6. The zero-order valence-electron chi connectivity index (χ0n) is 19.5. The Morgan fingerprint density at radius 1 is 1.36 bits per heavy atom. The lowest BCUT2D eigenvalue weighted by Gasteiger charge is -2.20. The van der Waals surface area contributed by atoms with Gasteiger partial charge < -0.3 is 22.1 Å². The molecule has 0 spiro atoms. The Hall–Kier alpha value is -3.03. The van der Waals surface area contributed by atoms with Gasteiger partial charge in [0.05, 0.1) is 0 Å². The molecule has 6 nitrogen and oxygen atoms in total.